The number of halogens is 3. The highest BCUT2D eigenvalue weighted by Crippen LogP contribution is 2.32. The van der Waals surface area contributed by atoms with Crippen LogP contribution in [-0.4, -0.2) is 18.3 Å². The van der Waals surface area contributed by atoms with Crippen LogP contribution in [0.25, 0.3) is 0 Å². The highest BCUT2D eigenvalue weighted by molar-refractivity contribution is 5.76. The third kappa shape index (κ3) is 5.26. The number of nitrogens with one attached hydrogen (secondary N) is 1. The average molecular weight is 302 g/mol. The van der Waals surface area contributed by atoms with Crippen LogP contribution >= 0.6 is 0 Å². The average Bonchev–Trinajstić information content (AvgIpc) is 3.20. The summed E-state index contributed by atoms with van der Waals surface area (Å²) in [7, 11) is 0. The van der Waals surface area contributed by atoms with Crippen LogP contribution in [0, 0.1) is 5.92 Å². The summed E-state index contributed by atoms with van der Waals surface area (Å²) in [6.07, 6.45) is -2.49. The number of benzene rings is 1. The van der Waals surface area contributed by atoms with Crippen LogP contribution in [0.2, 0.25) is 0 Å². The van der Waals surface area contributed by atoms with Gasteiger partial charge in [0.2, 0.25) is 5.91 Å². The number of carbonyl (C=O) groups is 1. The predicted octanol–water partition coefficient (Wildman–Crippen LogP) is 2.33. The molecule has 1 saturated carbocycles. The number of nitrogens with two attached hydrogens (primary N) is 1. The molecule has 1 aliphatic rings. The van der Waals surface area contributed by atoms with E-state index in [2.05, 4.69) is 10.1 Å². The van der Waals surface area contributed by atoms with Crippen molar-refractivity contribution < 1.29 is 22.7 Å². The van der Waals surface area contributed by atoms with Crippen LogP contribution < -0.4 is 15.8 Å². The number of para-hydroxylation sites is 1. The summed E-state index contributed by atoms with van der Waals surface area (Å²) in [5.41, 5.74) is 6.09. The summed E-state index contributed by atoms with van der Waals surface area (Å²) < 4.78 is 40.7. The van der Waals surface area contributed by atoms with E-state index in [1.807, 2.05) is 0 Å². The van der Waals surface area contributed by atoms with Gasteiger partial charge in [0, 0.05) is 24.6 Å². The van der Waals surface area contributed by atoms with Gasteiger partial charge in [0.15, 0.2) is 0 Å². The summed E-state index contributed by atoms with van der Waals surface area (Å²) in [4.78, 5) is 11.7. The van der Waals surface area contributed by atoms with Gasteiger partial charge in [-0.3, -0.25) is 4.79 Å². The fourth-order valence-corrected chi connectivity index (χ4v) is 2.05. The maximum Gasteiger partial charge on any atom is 0.573 e. The Kier molecular flexibility index (Phi) is 4.72. The van der Waals surface area contributed by atoms with Crippen LogP contribution in [-0.2, 0) is 11.3 Å². The van der Waals surface area contributed by atoms with Gasteiger partial charge in [0.1, 0.15) is 5.75 Å². The van der Waals surface area contributed by atoms with E-state index in [0.717, 1.165) is 12.8 Å². The van der Waals surface area contributed by atoms with Crippen molar-refractivity contribution in [1.29, 1.82) is 0 Å². The minimum Gasteiger partial charge on any atom is -0.405 e. The van der Waals surface area contributed by atoms with Crippen molar-refractivity contribution in [3.05, 3.63) is 29.8 Å². The molecular formula is C14H17F3N2O2. The summed E-state index contributed by atoms with van der Waals surface area (Å²) in [5, 5.41) is 2.57. The Hall–Kier alpha value is -1.76. The van der Waals surface area contributed by atoms with Crippen molar-refractivity contribution in [1.82, 2.24) is 5.32 Å². The molecule has 1 amide bonds. The monoisotopic (exact) mass is 302 g/mol. The molecule has 21 heavy (non-hydrogen) atoms. The molecular weight excluding hydrogens is 285 g/mol. The van der Waals surface area contributed by atoms with Crippen LogP contribution in [0.1, 0.15) is 24.8 Å². The molecule has 3 N–H and O–H groups in total. The minimum atomic E-state index is -4.76. The number of hydrogen-bond acceptors (Lipinski definition) is 3. The molecule has 0 aliphatic heterocycles. The Morgan fingerprint density at radius 1 is 1.38 bits per heavy atom. The zero-order valence-corrected chi connectivity index (χ0v) is 11.3. The van der Waals surface area contributed by atoms with Gasteiger partial charge in [-0.25, -0.2) is 0 Å². The molecule has 7 heteroatoms. The summed E-state index contributed by atoms with van der Waals surface area (Å²) >= 11 is 0. The van der Waals surface area contributed by atoms with Crippen LogP contribution in [0.15, 0.2) is 24.3 Å². The molecule has 1 aliphatic carbocycles. The zero-order chi connectivity index (χ0) is 15.5. The molecule has 116 valence electrons. The fourth-order valence-electron chi connectivity index (χ4n) is 2.05. The molecule has 0 radical (unpaired) electrons. The molecule has 0 bridgehead atoms. The molecule has 0 aromatic heterocycles. The van der Waals surface area contributed by atoms with Gasteiger partial charge < -0.3 is 15.8 Å². The molecule has 1 atom stereocenters. The van der Waals surface area contributed by atoms with E-state index in [4.69, 9.17) is 5.73 Å². The second-order valence-electron chi connectivity index (χ2n) is 5.14. The SMILES string of the molecule is NC(CC(=O)NCc1ccccc1OC(F)(F)F)C1CC1. The van der Waals surface area contributed by atoms with Gasteiger partial charge in [-0.05, 0) is 24.8 Å². The first-order valence-electron chi connectivity index (χ1n) is 6.71. The number of carbonyl (C=O) groups excluding carboxylic acids is 1. The number of amides is 1. The lowest BCUT2D eigenvalue weighted by Crippen LogP contribution is -2.32. The summed E-state index contributed by atoms with van der Waals surface area (Å²) in [5.74, 6) is -0.176. The largest absolute Gasteiger partial charge is 0.573 e. The van der Waals surface area contributed by atoms with Gasteiger partial charge in [0.25, 0.3) is 0 Å². The quantitative estimate of drug-likeness (QED) is 0.847. The van der Waals surface area contributed by atoms with Crippen molar-refractivity contribution in [3.63, 3.8) is 0 Å². The molecule has 2 rings (SSSR count). The van der Waals surface area contributed by atoms with Gasteiger partial charge in [-0.2, -0.15) is 0 Å². The van der Waals surface area contributed by atoms with Crippen LogP contribution in [0.4, 0.5) is 13.2 Å². The van der Waals surface area contributed by atoms with E-state index in [1.54, 1.807) is 6.07 Å². The lowest BCUT2D eigenvalue weighted by atomic mass is 10.1. The summed E-state index contributed by atoms with van der Waals surface area (Å²) in [6.45, 7) is -0.0253. The van der Waals surface area contributed by atoms with Gasteiger partial charge in [-0.15, -0.1) is 13.2 Å². The molecule has 4 nitrogen and oxygen atoms in total. The van der Waals surface area contributed by atoms with Crippen molar-refractivity contribution in [2.75, 3.05) is 0 Å². The first kappa shape index (κ1) is 15.6. The van der Waals surface area contributed by atoms with E-state index >= 15 is 0 Å². The Bertz CT molecular complexity index is 501. The van der Waals surface area contributed by atoms with E-state index in [0.29, 0.717) is 5.92 Å². The van der Waals surface area contributed by atoms with Crippen molar-refractivity contribution in [2.45, 2.75) is 38.2 Å². The lowest BCUT2D eigenvalue weighted by Gasteiger charge is -2.14. The highest BCUT2D eigenvalue weighted by atomic mass is 19.4. The number of alkyl halides is 3. The standard InChI is InChI=1S/C14H17F3N2O2/c15-14(16,17)21-12-4-2-1-3-10(12)8-19-13(20)7-11(18)9-5-6-9/h1-4,9,11H,5-8,18H2,(H,19,20). The number of rotatable bonds is 6. The number of hydrogen-bond donors (Lipinski definition) is 2. The van der Waals surface area contributed by atoms with E-state index in [9.17, 15) is 18.0 Å². The number of ether oxygens (including phenoxy) is 1. The lowest BCUT2D eigenvalue weighted by molar-refractivity contribution is -0.274. The second-order valence-corrected chi connectivity index (χ2v) is 5.14. The first-order valence-corrected chi connectivity index (χ1v) is 6.71. The zero-order valence-electron chi connectivity index (χ0n) is 11.3. The third-order valence-electron chi connectivity index (χ3n) is 3.32. The Morgan fingerprint density at radius 2 is 2.05 bits per heavy atom. The van der Waals surface area contributed by atoms with Crippen molar-refractivity contribution >= 4 is 5.91 Å². The first-order chi connectivity index (χ1) is 9.85. The van der Waals surface area contributed by atoms with Crippen LogP contribution in [0.3, 0.4) is 0 Å². The van der Waals surface area contributed by atoms with Gasteiger partial charge >= 0.3 is 6.36 Å². The normalized spacial score (nSPS) is 16.4. The third-order valence-corrected chi connectivity index (χ3v) is 3.32. The predicted molar refractivity (Wildman–Crippen MR) is 70.3 cm³/mol. The van der Waals surface area contributed by atoms with Gasteiger partial charge in [0.05, 0.1) is 0 Å². The maximum absolute atomic E-state index is 12.3. The molecule has 1 aromatic rings. The molecule has 1 aromatic carbocycles. The molecule has 0 spiro atoms. The Morgan fingerprint density at radius 3 is 2.67 bits per heavy atom. The van der Waals surface area contributed by atoms with E-state index in [1.165, 1.54) is 18.2 Å². The fraction of sp³-hybridized carbons (Fsp3) is 0.500. The molecule has 1 fully saturated rings. The smallest absolute Gasteiger partial charge is 0.405 e. The topological polar surface area (TPSA) is 64.4 Å². The highest BCUT2D eigenvalue weighted by Gasteiger charge is 2.32. The summed E-state index contributed by atoms with van der Waals surface area (Å²) in [6, 6.07) is 5.54. The van der Waals surface area contributed by atoms with Crippen molar-refractivity contribution in [2.24, 2.45) is 11.7 Å². The Balaban J connectivity index is 1.88. The molecule has 1 unspecified atom stereocenters. The second kappa shape index (κ2) is 6.34. The molecule has 0 saturated heterocycles. The van der Waals surface area contributed by atoms with E-state index < -0.39 is 6.36 Å². The minimum absolute atomic E-state index is 0.0253. The molecule has 0 heterocycles. The van der Waals surface area contributed by atoms with E-state index in [-0.39, 0.29) is 36.2 Å². The Labute approximate surface area is 120 Å². The maximum atomic E-state index is 12.3. The van der Waals surface area contributed by atoms with Gasteiger partial charge in [-0.1, -0.05) is 18.2 Å². The van der Waals surface area contributed by atoms with Crippen molar-refractivity contribution in [3.8, 4) is 5.75 Å². The van der Waals surface area contributed by atoms with Crippen LogP contribution in [0.5, 0.6) is 5.75 Å².